The molecule has 4 heteroatoms. The average Bonchev–Trinajstić information content (AvgIpc) is 2.53. The molecule has 0 amide bonds. The normalized spacial score (nSPS) is 10.7. The Labute approximate surface area is 134 Å². The van der Waals surface area contributed by atoms with Crippen molar-refractivity contribution < 1.29 is 13.9 Å². The number of fused-ring (bicyclic) bond motifs is 1. The predicted molar refractivity (Wildman–Crippen MR) is 88.9 cm³/mol. The summed E-state index contributed by atoms with van der Waals surface area (Å²) in [6.07, 6.45) is 0. The first-order valence-corrected chi connectivity index (χ1v) is 7.25. The molecule has 22 heavy (non-hydrogen) atoms. The number of hydrogen-bond donors (Lipinski definition) is 0. The summed E-state index contributed by atoms with van der Waals surface area (Å²) in [7, 11) is 3.25. The van der Waals surface area contributed by atoms with Crippen LogP contribution in [-0.4, -0.2) is 14.2 Å². The van der Waals surface area contributed by atoms with E-state index in [1.165, 1.54) is 0 Å². The summed E-state index contributed by atoms with van der Waals surface area (Å²) in [6, 6.07) is 13.4. The molecule has 0 aliphatic heterocycles. The molecule has 3 rings (SSSR count). The second-order valence-electron chi connectivity index (χ2n) is 4.99. The number of halogens is 1. The fourth-order valence-electron chi connectivity index (χ4n) is 2.49. The van der Waals surface area contributed by atoms with Gasteiger partial charge >= 0.3 is 11.5 Å². The van der Waals surface area contributed by atoms with E-state index in [-0.39, 0.29) is 0 Å². The number of methoxy groups -OCH3 is 2. The Morgan fingerprint density at radius 2 is 1.55 bits per heavy atom. The Kier molecular flexibility index (Phi) is 3.90. The van der Waals surface area contributed by atoms with Crippen molar-refractivity contribution in [3.8, 4) is 22.8 Å². The predicted octanol–water partition coefficient (Wildman–Crippen LogP) is 5.36. The molecule has 3 aromatic rings. The van der Waals surface area contributed by atoms with E-state index in [4.69, 9.17) is 25.5 Å². The van der Waals surface area contributed by atoms with E-state index in [0.717, 1.165) is 27.9 Å². The molecule has 0 unspecified atom stereocenters. The molecule has 0 fully saturated rings. The maximum atomic E-state index is 5.97. The number of aryl methyl sites for hydroxylation is 1. The van der Waals surface area contributed by atoms with Gasteiger partial charge in [-0.15, -0.1) is 0 Å². The maximum Gasteiger partial charge on any atom is 0.368 e. The molecule has 0 aliphatic carbocycles. The van der Waals surface area contributed by atoms with Crippen molar-refractivity contribution in [2.75, 3.05) is 14.2 Å². The van der Waals surface area contributed by atoms with Gasteiger partial charge in [-0.3, -0.25) is 0 Å². The highest BCUT2D eigenvalue weighted by Gasteiger charge is 2.21. The molecular weight excluding hydrogens is 300 g/mol. The number of hydrogen-bond acceptors (Lipinski definition) is 2. The minimum Gasteiger partial charge on any atom is -0.493 e. The lowest BCUT2D eigenvalue weighted by atomic mass is 10.0. The lowest BCUT2D eigenvalue weighted by molar-refractivity contribution is 0.355. The van der Waals surface area contributed by atoms with Crippen molar-refractivity contribution in [1.82, 2.24) is 0 Å². The Hall–Kier alpha value is -2.26. The Morgan fingerprint density at radius 3 is 2.18 bits per heavy atom. The third-order valence-electron chi connectivity index (χ3n) is 3.53. The minimum atomic E-state index is 0.671. The van der Waals surface area contributed by atoms with Crippen LogP contribution < -0.4 is 9.47 Å². The van der Waals surface area contributed by atoms with E-state index in [0.29, 0.717) is 16.5 Å². The van der Waals surface area contributed by atoms with Crippen LogP contribution in [0.5, 0.6) is 11.5 Å². The molecule has 0 saturated heterocycles. The molecule has 112 valence electrons. The van der Waals surface area contributed by atoms with Gasteiger partial charge < -0.3 is 9.47 Å². The van der Waals surface area contributed by atoms with E-state index < -0.39 is 0 Å². The zero-order valence-electron chi connectivity index (χ0n) is 12.6. The molecule has 1 heterocycles. The minimum absolute atomic E-state index is 0.671. The van der Waals surface area contributed by atoms with E-state index in [1.807, 2.05) is 49.4 Å². The Balaban J connectivity index is 2.31. The topological polar surface area (TPSA) is 29.8 Å². The van der Waals surface area contributed by atoms with Crippen molar-refractivity contribution in [1.29, 1.82) is 0 Å². The molecule has 2 aromatic carbocycles. The molecule has 0 bridgehead atoms. The van der Waals surface area contributed by atoms with Crippen LogP contribution >= 0.6 is 11.6 Å². The van der Waals surface area contributed by atoms with Crippen LogP contribution in [0.3, 0.4) is 0 Å². The van der Waals surface area contributed by atoms with Crippen LogP contribution in [0.25, 0.3) is 22.1 Å². The smallest absolute Gasteiger partial charge is 0.368 e. The molecule has 0 saturated carbocycles. The number of rotatable bonds is 3. The first kappa shape index (κ1) is 14.7. The first-order chi connectivity index (χ1) is 10.6. The summed E-state index contributed by atoms with van der Waals surface area (Å²) in [4.78, 5) is 0. The summed E-state index contributed by atoms with van der Waals surface area (Å²) in [5.74, 6) is 2.98. The molecule has 0 N–H and O–H groups in total. The third-order valence-corrected chi connectivity index (χ3v) is 3.78. The first-order valence-electron chi connectivity index (χ1n) is 6.88. The van der Waals surface area contributed by atoms with E-state index in [2.05, 4.69) is 0 Å². The van der Waals surface area contributed by atoms with Crippen LogP contribution in [0.4, 0.5) is 0 Å². The largest absolute Gasteiger partial charge is 0.493 e. The van der Waals surface area contributed by atoms with Crippen LogP contribution in [0.1, 0.15) is 5.76 Å². The molecule has 0 radical (unpaired) electrons. The van der Waals surface area contributed by atoms with Gasteiger partial charge in [0.1, 0.15) is 0 Å². The summed E-state index contributed by atoms with van der Waals surface area (Å²) >= 11 is 5.97. The van der Waals surface area contributed by atoms with Gasteiger partial charge in [-0.25, -0.2) is 4.42 Å². The second-order valence-corrected chi connectivity index (χ2v) is 5.42. The van der Waals surface area contributed by atoms with Crippen molar-refractivity contribution in [2.45, 2.75) is 6.92 Å². The number of ether oxygens (including phenoxy) is 2. The van der Waals surface area contributed by atoms with Crippen LogP contribution in [0, 0.1) is 6.92 Å². The number of benzene rings is 2. The fourth-order valence-corrected chi connectivity index (χ4v) is 2.62. The van der Waals surface area contributed by atoms with E-state index in [9.17, 15) is 0 Å². The van der Waals surface area contributed by atoms with Gasteiger partial charge in [0, 0.05) is 22.5 Å². The SMILES string of the molecule is COc1cc2cc(C)[o+]c(-c3ccc(Cl)cc3)c2cc1OC. The van der Waals surface area contributed by atoms with Gasteiger partial charge in [-0.1, -0.05) is 11.6 Å². The van der Waals surface area contributed by atoms with Crippen LogP contribution in [-0.2, 0) is 0 Å². The summed E-state index contributed by atoms with van der Waals surface area (Å²) < 4.78 is 16.7. The zero-order chi connectivity index (χ0) is 15.7. The van der Waals surface area contributed by atoms with Gasteiger partial charge in [-0.2, -0.15) is 0 Å². The third kappa shape index (κ3) is 2.60. The van der Waals surface area contributed by atoms with Crippen molar-refractivity contribution in [3.63, 3.8) is 0 Å². The summed E-state index contributed by atoms with van der Waals surface area (Å²) in [5, 5.41) is 2.69. The highest BCUT2D eigenvalue weighted by atomic mass is 35.5. The summed E-state index contributed by atoms with van der Waals surface area (Å²) in [6.45, 7) is 1.93. The summed E-state index contributed by atoms with van der Waals surface area (Å²) in [5.41, 5.74) is 0.963. The van der Waals surface area contributed by atoms with Crippen molar-refractivity contribution in [3.05, 3.63) is 53.2 Å². The van der Waals surface area contributed by atoms with Gasteiger partial charge in [0.05, 0.1) is 32.1 Å². The zero-order valence-corrected chi connectivity index (χ0v) is 13.4. The standard InChI is InChI=1S/C18H16ClO3/c1-11-8-13-9-16(20-2)17(21-3)10-15(13)18(22-11)12-4-6-14(19)7-5-12/h4-10H,1-3H3/q+1. The van der Waals surface area contributed by atoms with E-state index >= 15 is 0 Å². The Bertz CT molecular complexity index is 826. The average molecular weight is 316 g/mol. The lowest BCUT2D eigenvalue weighted by Crippen LogP contribution is -1.92. The van der Waals surface area contributed by atoms with Crippen molar-refractivity contribution >= 4 is 22.4 Å². The quantitative estimate of drug-likeness (QED) is 0.609. The van der Waals surface area contributed by atoms with Gasteiger partial charge in [0.2, 0.25) is 0 Å². The fraction of sp³-hybridized carbons (Fsp3) is 0.167. The Morgan fingerprint density at radius 1 is 0.909 bits per heavy atom. The van der Waals surface area contributed by atoms with Crippen molar-refractivity contribution in [2.24, 2.45) is 0 Å². The molecular formula is C18H16ClO3+. The maximum absolute atomic E-state index is 5.97. The molecule has 1 aromatic heterocycles. The lowest BCUT2D eigenvalue weighted by Gasteiger charge is -2.08. The molecule has 3 nitrogen and oxygen atoms in total. The monoisotopic (exact) mass is 315 g/mol. The van der Waals surface area contributed by atoms with Gasteiger partial charge in [0.15, 0.2) is 11.5 Å². The van der Waals surface area contributed by atoms with Gasteiger partial charge in [-0.05, 0) is 30.3 Å². The van der Waals surface area contributed by atoms with Gasteiger partial charge in [0.25, 0.3) is 0 Å². The molecule has 0 spiro atoms. The highest BCUT2D eigenvalue weighted by Crippen LogP contribution is 2.38. The van der Waals surface area contributed by atoms with Crippen LogP contribution in [0.15, 0.2) is 46.9 Å². The molecule has 0 atom stereocenters. The van der Waals surface area contributed by atoms with Crippen LogP contribution in [0.2, 0.25) is 5.02 Å². The highest BCUT2D eigenvalue weighted by molar-refractivity contribution is 6.30. The van der Waals surface area contributed by atoms with E-state index in [1.54, 1.807) is 14.2 Å². The second kappa shape index (κ2) is 5.85. The molecule has 0 aliphatic rings.